The number of aryl methyl sites for hydroxylation is 2. The third-order valence-electron chi connectivity index (χ3n) is 5.25. The van der Waals surface area contributed by atoms with Crippen LogP contribution in [0.4, 0.5) is 11.4 Å². The Hall–Kier alpha value is -3.88. The summed E-state index contributed by atoms with van der Waals surface area (Å²) >= 11 is 0. The smallest absolute Gasteiger partial charge is 0.261 e. The minimum absolute atomic E-state index is 0.0957. The van der Waals surface area contributed by atoms with Gasteiger partial charge in [0.15, 0.2) is 11.5 Å². The summed E-state index contributed by atoms with van der Waals surface area (Å²) in [5.41, 5.74) is 2.45. The largest absolute Gasteiger partial charge is 0.493 e. The molecule has 0 spiro atoms. The fraction of sp³-hybridized carbons (Fsp3) is 0.333. The van der Waals surface area contributed by atoms with Crippen molar-refractivity contribution in [3.8, 4) is 11.5 Å². The van der Waals surface area contributed by atoms with Crippen molar-refractivity contribution < 1.29 is 19.1 Å². The molecule has 0 aliphatic carbocycles. The van der Waals surface area contributed by atoms with Gasteiger partial charge in [-0.05, 0) is 37.1 Å². The van der Waals surface area contributed by atoms with Gasteiger partial charge in [0.25, 0.3) is 5.56 Å². The van der Waals surface area contributed by atoms with Crippen LogP contribution in [-0.4, -0.2) is 35.6 Å². The highest BCUT2D eigenvalue weighted by Crippen LogP contribution is 2.29. The molecule has 0 saturated carbocycles. The first-order chi connectivity index (χ1) is 15.9. The number of hydrogen-bond donors (Lipinski definition) is 2. The van der Waals surface area contributed by atoms with Crippen molar-refractivity contribution in [3.63, 3.8) is 0 Å². The van der Waals surface area contributed by atoms with E-state index in [1.165, 1.54) is 25.1 Å². The van der Waals surface area contributed by atoms with Gasteiger partial charge in [-0.25, -0.2) is 4.98 Å². The van der Waals surface area contributed by atoms with E-state index in [0.29, 0.717) is 53.2 Å². The molecule has 0 fully saturated rings. The number of benzene rings is 2. The van der Waals surface area contributed by atoms with Crippen molar-refractivity contribution in [1.29, 1.82) is 0 Å². The van der Waals surface area contributed by atoms with E-state index in [2.05, 4.69) is 15.6 Å². The van der Waals surface area contributed by atoms with Gasteiger partial charge in [-0.15, -0.1) is 0 Å². The van der Waals surface area contributed by atoms with Gasteiger partial charge in [-0.3, -0.25) is 19.0 Å². The van der Waals surface area contributed by atoms with Gasteiger partial charge in [-0.1, -0.05) is 13.0 Å². The maximum atomic E-state index is 12.8. The number of nitrogens with zero attached hydrogens (tertiary/aromatic N) is 2. The van der Waals surface area contributed by atoms with Crippen LogP contribution in [0, 0.1) is 6.92 Å². The maximum absolute atomic E-state index is 12.8. The minimum Gasteiger partial charge on any atom is -0.493 e. The summed E-state index contributed by atoms with van der Waals surface area (Å²) in [4.78, 5) is 41.3. The van der Waals surface area contributed by atoms with E-state index in [4.69, 9.17) is 9.47 Å². The summed E-state index contributed by atoms with van der Waals surface area (Å²) in [7, 11) is 3.03. The summed E-state index contributed by atoms with van der Waals surface area (Å²) in [6.07, 6.45) is 2.52. The molecule has 3 rings (SSSR count). The minimum atomic E-state index is -0.212. The molecule has 0 saturated heterocycles. The lowest BCUT2D eigenvalue weighted by atomic mass is 10.1. The van der Waals surface area contributed by atoms with Crippen molar-refractivity contribution >= 4 is 34.1 Å². The molecule has 3 aromatic rings. The van der Waals surface area contributed by atoms with Crippen LogP contribution < -0.4 is 25.7 Å². The average Bonchev–Trinajstić information content (AvgIpc) is 2.81. The molecule has 0 radical (unpaired) electrons. The van der Waals surface area contributed by atoms with E-state index in [1.807, 2.05) is 13.0 Å². The van der Waals surface area contributed by atoms with E-state index < -0.39 is 0 Å². The highest BCUT2D eigenvalue weighted by atomic mass is 16.5. The van der Waals surface area contributed by atoms with Gasteiger partial charge < -0.3 is 20.1 Å². The molecule has 33 heavy (non-hydrogen) atoms. The number of rotatable bonds is 9. The Morgan fingerprint density at radius 3 is 2.45 bits per heavy atom. The highest BCUT2D eigenvalue weighted by Gasteiger charge is 2.12. The summed E-state index contributed by atoms with van der Waals surface area (Å²) < 4.78 is 12.0. The third kappa shape index (κ3) is 5.68. The number of nitrogens with one attached hydrogen (secondary N) is 2. The quantitative estimate of drug-likeness (QED) is 0.514. The SMILES string of the molecule is CCC(=O)Nc1ccc(C)c(NC(=O)CCCn2cnc3cc(OC)c(OC)cc3c2=O)c1. The summed E-state index contributed by atoms with van der Waals surface area (Å²) in [6, 6.07) is 8.64. The van der Waals surface area contributed by atoms with E-state index in [-0.39, 0.29) is 23.8 Å². The Labute approximate surface area is 191 Å². The van der Waals surface area contributed by atoms with Gasteiger partial charge in [0, 0.05) is 36.8 Å². The lowest BCUT2D eigenvalue weighted by Crippen LogP contribution is -2.22. The molecule has 1 heterocycles. The Morgan fingerprint density at radius 1 is 1.03 bits per heavy atom. The summed E-state index contributed by atoms with van der Waals surface area (Å²) in [6.45, 7) is 4.00. The number of carbonyl (C=O) groups is 2. The van der Waals surface area contributed by atoms with Crippen LogP contribution in [0.5, 0.6) is 11.5 Å². The van der Waals surface area contributed by atoms with Gasteiger partial charge >= 0.3 is 0 Å². The predicted octanol–water partition coefficient (Wildman–Crippen LogP) is 3.49. The molecule has 0 aliphatic rings. The van der Waals surface area contributed by atoms with Crippen LogP contribution in [0.2, 0.25) is 0 Å². The number of methoxy groups -OCH3 is 2. The molecule has 0 atom stereocenters. The number of anilines is 2. The average molecular weight is 453 g/mol. The van der Waals surface area contributed by atoms with Crippen LogP contribution >= 0.6 is 0 Å². The Morgan fingerprint density at radius 2 is 1.76 bits per heavy atom. The van der Waals surface area contributed by atoms with Gasteiger partial charge in [0.05, 0.1) is 31.4 Å². The van der Waals surface area contributed by atoms with Gasteiger partial charge in [0.1, 0.15) is 0 Å². The zero-order valence-corrected chi connectivity index (χ0v) is 19.2. The predicted molar refractivity (Wildman–Crippen MR) is 127 cm³/mol. The van der Waals surface area contributed by atoms with Crippen molar-refractivity contribution in [2.45, 2.75) is 39.7 Å². The van der Waals surface area contributed by atoms with Gasteiger partial charge in [0.2, 0.25) is 11.8 Å². The van der Waals surface area contributed by atoms with Crippen molar-refractivity contribution in [2.75, 3.05) is 24.9 Å². The Bertz CT molecular complexity index is 1240. The molecule has 0 unspecified atom stereocenters. The molecule has 9 nitrogen and oxygen atoms in total. The lowest BCUT2D eigenvalue weighted by Gasteiger charge is -2.12. The van der Waals surface area contributed by atoms with Crippen LogP contribution in [0.15, 0.2) is 41.5 Å². The topological polar surface area (TPSA) is 112 Å². The third-order valence-corrected chi connectivity index (χ3v) is 5.25. The van der Waals surface area contributed by atoms with Gasteiger partial charge in [-0.2, -0.15) is 0 Å². The number of aromatic nitrogens is 2. The van der Waals surface area contributed by atoms with Crippen LogP contribution in [-0.2, 0) is 16.1 Å². The molecule has 2 N–H and O–H groups in total. The van der Waals surface area contributed by atoms with E-state index in [0.717, 1.165) is 5.56 Å². The highest BCUT2D eigenvalue weighted by molar-refractivity contribution is 5.94. The van der Waals surface area contributed by atoms with Crippen molar-refractivity contribution in [3.05, 3.63) is 52.6 Å². The van der Waals surface area contributed by atoms with Crippen LogP contribution in [0.1, 0.15) is 31.7 Å². The second-order valence-corrected chi connectivity index (χ2v) is 7.55. The van der Waals surface area contributed by atoms with Crippen molar-refractivity contribution in [2.24, 2.45) is 0 Å². The first-order valence-electron chi connectivity index (χ1n) is 10.7. The molecule has 0 aliphatic heterocycles. The Kier molecular flexibility index (Phi) is 7.66. The van der Waals surface area contributed by atoms with E-state index in [9.17, 15) is 14.4 Å². The normalized spacial score (nSPS) is 10.7. The molecular formula is C24H28N4O5. The molecule has 174 valence electrons. The molecular weight excluding hydrogens is 424 g/mol. The first-order valence-corrected chi connectivity index (χ1v) is 10.7. The fourth-order valence-corrected chi connectivity index (χ4v) is 3.35. The fourth-order valence-electron chi connectivity index (χ4n) is 3.35. The maximum Gasteiger partial charge on any atom is 0.261 e. The van der Waals surface area contributed by atoms with E-state index in [1.54, 1.807) is 31.2 Å². The molecule has 0 bridgehead atoms. The second kappa shape index (κ2) is 10.6. The van der Waals surface area contributed by atoms with Crippen molar-refractivity contribution in [1.82, 2.24) is 9.55 Å². The Balaban J connectivity index is 1.65. The second-order valence-electron chi connectivity index (χ2n) is 7.55. The number of carbonyl (C=O) groups excluding carboxylic acids is 2. The summed E-state index contributed by atoms with van der Waals surface area (Å²) in [5, 5.41) is 6.08. The number of fused-ring (bicyclic) bond motifs is 1. The zero-order chi connectivity index (χ0) is 24.0. The molecule has 1 aromatic heterocycles. The monoisotopic (exact) mass is 452 g/mol. The zero-order valence-electron chi connectivity index (χ0n) is 19.2. The number of ether oxygens (including phenoxy) is 2. The van der Waals surface area contributed by atoms with E-state index >= 15 is 0 Å². The molecule has 2 aromatic carbocycles. The molecule has 2 amide bonds. The molecule has 9 heteroatoms. The summed E-state index contributed by atoms with van der Waals surface area (Å²) in [5.74, 6) is 0.681. The lowest BCUT2D eigenvalue weighted by molar-refractivity contribution is -0.116. The first kappa shape index (κ1) is 23.8. The number of hydrogen-bond acceptors (Lipinski definition) is 6. The van der Waals surface area contributed by atoms with Crippen LogP contribution in [0.25, 0.3) is 10.9 Å². The standard InChI is InChI=1S/C24H28N4O5/c1-5-22(29)26-16-9-8-15(2)18(11-16)27-23(30)7-6-10-28-14-25-19-13-21(33-4)20(32-3)12-17(19)24(28)31/h8-9,11-14H,5-7,10H2,1-4H3,(H,26,29)(H,27,30). The van der Waals surface area contributed by atoms with Crippen LogP contribution in [0.3, 0.4) is 0 Å². The number of amides is 2.